The molecule has 2 rings (SSSR count). The number of halogens is 5. The van der Waals surface area contributed by atoms with Crippen molar-refractivity contribution in [2.24, 2.45) is 11.7 Å². The van der Waals surface area contributed by atoms with Gasteiger partial charge in [0.2, 0.25) is 0 Å². The molecule has 1 aromatic carbocycles. The van der Waals surface area contributed by atoms with E-state index in [4.69, 9.17) is 17.3 Å². The molecule has 108 valence electrons. The van der Waals surface area contributed by atoms with Crippen molar-refractivity contribution in [3.8, 4) is 5.75 Å². The van der Waals surface area contributed by atoms with E-state index >= 15 is 0 Å². The van der Waals surface area contributed by atoms with Crippen molar-refractivity contribution in [1.82, 2.24) is 0 Å². The molecule has 0 saturated heterocycles. The second-order valence-electron chi connectivity index (χ2n) is 4.45. The van der Waals surface area contributed by atoms with Gasteiger partial charge < -0.3 is 10.5 Å². The van der Waals surface area contributed by atoms with E-state index in [1.54, 1.807) is 0 Å². The number of hydrogen-bond donors (Lipinski definition) is 1. The first kappa shape index (κ1) is 16.4. The fraction of sp³-hybridized carbons (Fsp3) is 0.500. The monoisotopic (exact) mass is 315 g/mol. The highest BCUT2D eigenvalue weighted by Gasteiger charge is 2.32. The van der Waals surface area contributed by atoms with Gasteiger partial charge in [0.1, 0.15) is 5.75 Å². The predicted molar refractivity (Wildman–Crippen MR) is 69.7 cm³/mol. The largest absolute Gasteiger partial charge is 0.573 e. The molecule has 0 radical (unpaired) electrons. The quantitative estimate of drug-likeness (QED) is 0.893. The molecule has 2 nitrogen and oxygen atoms in total. The summed E-state index contributed by atoms with van der Waals surface area (Å²) in [5, 5.41) is -0.0698. The fourth-order valence-electron chi connectivity index (χ4n) is 2.00. The first-order valence-electron chi connectivity index (χ1n) is 5.67. The van der Waals surface area contributed by atoms with Crippen molar-refractivity contribution in [3.05, 3.63) is 28.8 Å². The smallest absolute Gasteiger partial charge is 0.404 e. The number of ether oxygens (including phenoxy) is 1. The van der Waals surface area contributed by atoms with Crippen molar-refractivity contribution < 1.29 is 17.9 Å². The third-order valence-electron chi connectivity index (χ3n) is 3.22. The molecular formula is C12H14Cl2F3NO. The highest BCUT2D eigenvalue weighted by Crippen LogP contribution is 2.38. The summed E-state index contributed by atoms with van der Waals surface area (Å²) in [7, 11) is 0. The van der Waals surface area contributed by atoms with Crippen LogP contribution in [0, 0.1) is 5.92 Å². The van der Waals surface area contributed by atoms with E-state index in [1.165, 1.54) is 18.2 Å². The first-order chi connectivity index (χ1) is 8.37. The molecule has 0 heterocycles. The zero-order valence-corrected chi connectivity index (χ0v) is 11.5. The molecule has 0 aliphatic heterocycles. The first-order valence-corrected chi connectivity index (χ1v) is 6.05. The molecule has 1 saturated carbocycles. The predicted octanol–water partition coefficient (Wildman–Crippen LogP) is 4.46. The van der Waals surface area contributed by atoms with Crippen LogP contribution in [-0.4, -0.2) is 6.36 Å². The number of hydrogen-bond acceptors (Lipinski definition) is 2. The van der Waals surface area contributed by atoms with E-state index in [9.17, 15) is 13.2 Å². The standard InChI is InChI=1S/C12H13ClF3NO.ClH/c13-9-6-8(11(17)7-2-1-3-7)4-5-10(9)18-12(14,15)16;/h4-7,11H,1-3,17H2;1H/t11-;/m1./s1. The lowest BCUT2D eigenvalue weighted by molar-refractivity contribution is -0.274. The van der Waals surface area contributed by atoms with Crippen LogP contribution < -0.4 is 10.5 Å². The van der Waals surface area contributed by atoms with E-state index in [2.05, 4.69) is 4.74 Å². The lowest BCUT2D eigenvalue weighted by atomic mass is 9.77. The lowest BCUT2D eigenvalue weighted by Gasteiger charge is -2.31. The normalized spacial score (nSPS) is 17.3. The summed E-state index contributed by atoms with van der Waals surface area (Å²) in [6.45, 7) is 0. The minimum atomic E-state index is -4.73. The van der Waals surface area contributed by atoms with Crippen molar-refractivity contribution in [2.75, 3.05) is 0 Å². The Bertz CT molecular complexity index is 435. The van der Waals surface area contributed by atoms with Crippen molar-refractivity contribution in [3.63, 3.8) is 0 Å². The maximum atomic E-state index is 12.1. The summed E-state index contributed by atoms with van der Waals surface area (Å²) < 4.78 is 40.0. The van der Waals surface area contributed by atoms with Gasteiger partial charge >= 0.3 is 6.36 Å². The van der Waals surface area contributed by atoms with Gasteiger partial charge in [0.25, 0.3) is 0 Å². The topological polar surface area (TPSA) is 35.2 Å². The molecule has 1 aromatic rings. The molecule has 19 heavy (non-hydrogen) atoms. The highest BCUT2D eigenvalue weighted by atomic mass is 35.5. The molecule has 1 aliphatic carbocycles. The third kappa shape index (κ3) is 4.16. The Hall–Kier alpha value is -0.650. The van der Waals surface area contributed by atoms with Crippen molar-refractivity contribution in [2.45, 2.75) is 31.7 Å². The third-order valence-corrected chi connectivity index (χ3v) is 3.52. The lowest BCUT2D eigenvalue weighted by Crippen LogP contribution is -2.26. The SMILES string of the molecule is Cl.N[C@@H](c1ccc(OC(F)(F)F)c(Cl)c1)C1CCC1. The van der Waals surface area contributed by atoms with Crippen LogP contribution in [0.1, 0.15) is 30.9 Å². The Morgan fingerprint density at radius 1 is 1.32 bits per heavy atom. The van der Waals surface area contributed by atoms with Crippen LogP contribution in [0.2, 0.25) is 5.02 Å². The molecule has 1 fully saturated rings. The van der Waals surface area contributed by atoms with Crippen LogP contribution in [0.5, 0.6) is 5.75 Å². The molecular weight excluding hydrogens is 302 g/mol. The molecule has 0 bridgehead atoms. The van der Waals surface area contributed by atoms with Gasteiger partial charge in [-0.25, -0.2) is 0 Å². The van der Waals surface area contributed by atoms with Crippen LogP contribution in [0.15, 0.2) is 18.2 Å². The molecule has 7 heteroatoms. The van der Waals surface area contributed by atoms with Crippen LogP contribution in [0.25, 0.3) is 0 Å². The molecule has 0 unspecified atom stereocenters. The van der Waals surface area contributed by atoms with E-state index in [-0.39, 0.29) is 23.5 Å². The van der Waals surface area contributed by atoms with E-state index in [0.717, 1.165) is 24.8 Å². The van der Waals surface area contributed by atoms with Gasteiger partial charge in [0, 0.05) is 6.04 Å². The summed E-state index contributed by atoms with van der Waals surface area (Å²) >= 11 is 5.76. The Kier molecular flexibility index (Phi) is 5.35. The zero-order chi connectivity index (χ0) is 13.3. The molecule has 0 aromatic heterocycles. The molecule has 1 aliphatic rings. The second-order valence-corrected chi connectivity index (χ2v) is 4.86. The van der Waals surface area contributed by atoms with Crippen LogP contribution >= 0.6 is 24.0 Å². The van der Waals surface area contributed by atoms with Crippen molar-refractivity contribution >= 4 is 24.0 Å². The Morgan fingerprint density at radius 2 is 1.95 bits per heavy atom. The fourth-order valence-corrected chi connectivity index (χ4v) is 2.23. The van der Waals surface area contributed by atoms with Crippen LogP contribution in [-0.2, 0) is 0 Å². The van der Waals surface area contributed by atoms with Gasteiger partial charge in [-0.1, -0.05) is 24.1 Å². The number of benzene rings is 1. The van der Waals surface area contributed by atoms with E-state index < -0.39 is 12.1 Å². The number of alkyl halides is 3. The van der Waals surface area contributed by atoms with E-state index in [0.29, 0.717) is 5.92 Å². The summed E-state index contributed by atoms with van der Waals surface area (Å²) in [5.41, 5.74) is 6.77. The molecule has 0 spiro atoms. The average molecular weight is 316 g/mol. The maximum absolute atomic E-state index is 12.1. The highest BCUT2D eigenvalue weighted by molar-refractivity contribution is 6.32. The minimum Gasteiger partial charge on any atom is -0.404 e. The maximum Gasteiger partial charge on any atom is 0.573 e. The van der Waals surface area contributed by atoms with Crippen LogP contribution in [0.4, 0.5) is 13.2 Å². The summed E-state index contributed by atoms with van der Waals surface area (Å²) in [6, 6.07) is 4.03. The summed E-state index contributed by atoms with van der Waals surface area (Å²) in [6.07, 6.45) is -1.47. The zero-order valence-electron chi connectivity index (χ0n) is 9.91. The molecule has 2 N–H and O–H groups in total. The minimum absolute atomic E-state index is 0. The summed E-state index contributed by atoms with van der Waals surface area (Å²) in [5.74, 6) is 0.00387. The van der Waals surface area contributed by atoms with Gasteiger partial charge in [0.15, 0.2) is 0 Å². The van der Waals surface area contributed by atoms with E-state index in [1.807, 2.05) is 0 Å². The second kappa shape index (κ2) is 6.20. The van der Waals surface area contributed by atoms with Gasteiger partial charge in [0.05, 0.1) is 5.02 Å². The number of nitrogens with two attached hydrogens (primary N) is 1. The average Bonchev–Trinajstić information content (AvgIpc) is 2.16. The molecule has 1 atom stereocenters. The Labute approximate surface area is 120 Å². The van der Waals surface area contributed by atoms with Gasteiger partial charge in [-0.15, -0.1) is 25.6 Å². The summed E-state index contributed by atoms with van der Waals surface area (Å²) in [4.78, 5) is 0. The number of rotatable bonds is 3. The van der Waals surface area contributed by atoms with Gasteiger partial charge in [-0.3, -0.25) is 0 Å². The Morgan fingerprint density at radius 3 is 2.37 bits per heavy atom. The van der Waals surface area contributed by atoms with Gasteiger partial charge in [-0.05, 0) is 36.5 Å². The van der Waals surface area contributed by atoms with Crippen LogP contribution in [0.3, 0.4) is 0 Å². The Balaban J connectivity index is 0.00000180. The van der Waals surface area contributed by atoms with Gasteiger partial charge in [-0.2, -0.15) is 0 Å². The van der Waals surface area contributed by atoms with Crippen molar-refractivity contribution in [1.29, 1.82) is 0 Å². The molecule has 0 amide bonds.